The molecule has 4 rings (SSSR count). The minimum absolute atomic E-state index is 0.0382. The van der Waals surface area contributed by atoms with Gasteiger partial charge in [-0.3, -0.25) is 4.98 Å². The van der Waals surface area contributed by atoms with E-state index in [9.17, 15) is 4.79 Å². The van der Waals surface area contributed by atoms with Gasteiger partial charge in [-0.15, -0.1) is 0 Å². The second-order valence-corrected chi connectivity index (χ2v) is 7.89. The van der Waals surface area contributed by atoms with Crippen molar-refractivity contribution in [2.45, 2.75) is 64.3 Å². The Hall–Kier alpha value is -2.44. The number of pyridine rings is 1. The fourth-order valence-corrected chi connectivity index (χ4v) is 3.87. The molecule has 1 fully saturated rings. The van der Waals surface area contributed by atoms with Crippen LogP contribution in [0.3, 0.4) is 0 Å². The van der Waals surface area contributed by atoms with Crippen LogP contribution >= 0.6 is 0 Å². The van der Waals surface area contributed by atoms with E-state index in [1.54, 1.807) is 0 Å². The van der Waals surface area contributed by atoms with Gasteiger partial charge >= 0.3 is 6.03 Å². The van der Waals surface area contributed by atoms with Crippen LogP contribution in [0.15, 0.2) is 16.8 Å². The van der Waals surface area contributed by atoms with Crippen LogP contribution in [0, 0.1) is 0 Å². The SMILES string of the molecule is CC(C)c1noc([C@H]2CCCN(C(=O)NCc3cnc4c(c3)CCC4)C2)n1. The number of carbonyl (C=O) groups is 1. The summed E-state index contributed by atoms with van der Waals surface area (Å²) < 4.78 is 5.44. The largest absolute Gasteiger partial charge is 0.339 e. The van der Waals surface area contributed by atoms with Crippen molar-refractivity contribution in [3.63, 3.8) is 0 Å². The van der Waals surface area contributed by atoms with Gasteiger partial charge in [0.2, 0.25) is 5.89 Å². The first-order valence-electron chi connectivity index (χ1n) is 9.93. The number of aryl methyl sites for hydroxylation is 2. The lowest BCUT2D eigenvalue weighted by atomic mass is 9.98. The number of fused-ring (bicyclic) bond motifs is 1. The molecule has 2 aromatic rings. The number of rotatable bonds is 4. The Labute approximate surface area is 159 Å². The van der Waals surface area contributed by atoms with Crippen molar-refractivity contribution in [1.29, 1.82) is 0 Å². The number of urea groups is 1. The maximum absolute atomic E-state index is 12.6. The molecule has 27 heavy (non-hydrogen) atoms. The number of likely N-dealkylation sites (tertiary alicyclic amines) is 1. The monoisotopic (exact) mass is 369 g/mol. The van der Waals surface area contributed by atoms with Crippen LogP contribution in [-0.4, -0.2) is 39.1 Å². The summed E-state index contributed by atoms with van der Waals surface area (Å²) in [4.78, 5) is 23.5. The molecule has 0 bridgehead atoms. The number of aromatic nitrogens is 3. The number of nitrogens with zero attached hydrogens (tertiary/aromatic N) is 4. The number of hydrogen-bond acceptors (Lipinski definition) is 5. The van der Waals surface area contributed by atoms with Gasteiger partial charge in [0.1, 0.15) is 0 Å². The van der Waals surface area contributed by atoms with Crippen LogP contribution in [0.2, 0.25) is 0 Å². The minimum Gasteiger partial charge on any atom is -0.339 e. The van der Waals surface area contributed by atoms with Gasteiger partial charge in [0.05, 0.1) is 5.92 Å². The van der Waals surface area contributed by atoms with Crippen molar-refractivity contribution < 1.29 is 9.32 Å². The number of carbonyl (C=O) groups excluding carboxylic acids is 1. The van der Waals surface area contributed by atoms with Crippen LogP contribution in [0.4, 0.5) is 4.79 Å². The van der Waals surface area contributed by atoms with Gasteiger partial charge in [-0.05, 0) is 43.2 Å². The lowest BCUT2D eigenvalue weighted by Gasteiger charge is -2.31. The highest BCUT2D eigenvalue weighted by molar-refractivity contribution is 5.74. The predicted octanol–water partition coefficient (Wildman–Crippen LogP) is 3.17. The molecule has 2 aliphatic rings. The summed E-state index contributed by atoms with van der Waals surface area (Å²) in [6.07, 6.45) is 7.15. The topological polar surface area (TPSA) is 84.2 Å². The molecule has 7 nitrogen and oxygen atoms in total. The van der Waals surface area contributed by atoms with Gasteiger partial charge < -0.3 is 14.7 Å². The summed E-state index contributed by atoms with van der Waals surface area (Å²) >= 11 is 0. The molecule has 2 amide bonds. The Bertz CT molecular complexity index is 816. The van der Waals surface area contributed by atoms with Gasteiger partial charge in [0, 0.05) is 37.4 Å². The molecule has 0 aromatic carbocycles. The van der Waals surface area contributed by atoms with Crippen LogP contribution in [0.1, 0.15) is 73.5 Å². The summed E-state index contributed by atoms with van der Waals surface area (Å²) in [6.45, 7) is 5.98. The Balaban J connectivity index is 1.34. The lowest BCUT2D eigenvalue weighted by Crippen LogP contribution is -2.44. The highest BCUT2D eigenvalue weighted by Gasteiger charge is 2.28. The first kappa shape index (κ1) is 17.9. The number of piperidine rings is 1. The average molecular weight is 369 g/mol. The first-order valence-corrected chi connectivity index (χ1v) is 9.93. The molecule has 3 heterocycles. The Morgan fingerprint density at radius 2 is 2.26 bits per heavy atom. The molecule has 1 aliphatic heterocycles. The standard InChI is InChI=1S/C20H27N5O2/c1-13(2)18-23-19(27-24-18)16-6-4-8-25(12-16)20(26)22-11-14-9-15-5-3-7-17(15)21-10-14/h9-10,13,16H,3-8,11-12H2,1-2H3,(H,22,26)/t16-/m0/s1. The second-order valence-electron chi connectivity index (χ2n) is 7.89. The average Bonchev–Trinajstić information content (AvgIpc) is 3.35. The summed E-state index contributed by atoms with van der Waals surface area (Å²) in [6, 6.07) is 2.14. The van der Waals surface area contributed by atoms with Gasteiger partial charge in [-0.2, -0.15) is 4.98 Å². The van der Waals surface area contributed by atoms with E-state index in [1.165, 1.54) is 17.7 Å². The summed E-state index contributed by atoms with van der Waals surface area (Å²) in [5.74, 6) is 1.74. The zero-order chi connectivity index (χ0) is 18.8. The molecule has 1 atom stereocenters. The van der Waals surface area contributed by atoms with E-state index in [1.807, 2.05) is 24.9 Å². The molecule has 0 saturated carbocycles. The van der Waals surface area contributed by atoms with E-state index in [2.05, 4.69) is 26.5 Å². The van der Waals surface area contributed by atoms with Crippen molar-refractivity contribution in [3.8, 4) is 0 Å². The summed E-state index contributed by atoms with van der Waals surface area (Å²) in [5.41, 5.74) is 3.61. The maximum Gasteiger partial charge on any atom is 0.317 e. The van der Waals surface area contributed by atoms with Crippen LogP contribution < -0.4 is 5.32 Å². The molecule has 1 N–H and O–H groups in total. The molecule has 7 heteroatoms. The van der Waals surface area contributed by atoms with E-state index in [0.717, 1.165) is 43.6 Å². The maximum atomic E-state index is 12.6. The molecular weight excluding hydrogens is 342 g/mol. The molecule has 2 aromatic heterocycles. The van der Waals surface area contributed by atoms with Gasteiger partial charge in [0.15, 0.2) is 5.82 Å². The molecular formula is C20H27N5O2. The van der Waals surface area contributed by atoms with E-state index in [-0.39, 0.29) is 17.9 Å². The van der Waals surface area contributed by atoms with Gasteiger partial charge in [-0.1, -0.05) is 25.1 Å². The molecule has 0 unspecified atom stereocenters. The smallest absolute Gasteiger partial charge is 0.317 e. The minimum atomic E-state index is -0.0382. The second kappa shape index (κ2) is 7.66. The number of hydrogen-bond donors (Lipinski definition) is 1. The summed E-state index contributed by atoms with van der Waals surface area (Å²) in [5, 5.41) is 7.09. The van der Waals surface area contributed by atoms with Crippen molar-refractivity contribution in [1.82, 2.24) is 25.3 Å². The predicted molar refractivity (Wildman–Crippen MR) is 100 cm³/mol. The third-order valence-corrected chi connectivity index (χ3v) is 5.45. The van der Waals surface area contributed by atoms with Crippen molar-refractivity contribution >= 4 is 6.03 Å². The van der Waals surface area contributed by atoms with E-state index in [4.69, 9.17) is 4.52 Å². The molecule has 0 spiro atoms. The fraction of sp³-hybridized carbons (Fsp3) is 0.600. The van der Waals surface area contributed by atoms with Crippen molar-refractivity contribution in [3.05, 3.63) is 40.8 Å². The zero-order valence-electron chi connectivity index (χ0n) is 16.1. The molecule has 0 radical (unpaired) electrons. The van der Waals surface area contributed by atoms with E-state index >= 15 is 0 Å². The van der Waals surface area contributed by atoms with E-state index < -0.39 is 0 Å². The van der Waals surface area contributed by atoms with Gasteiger partial charge in [-0.25, -0.2) is 4.79 Å². The fourth-order valence-electron chi connectivity index (χ4n) is 3.87. The number of amides is 2. The molecule has 1 saturated heterocycles. The normalized spacial score (nSPS) is 19.4. The molecule has 1 aliphatic carbocycles. The van der Waals surface area contributed by atoms with Crippen LogP contribution in [0.25, 0.3) is 0 Å². The van der Waals surface area contributed by atoms with E-state index in [0.29, 0.717) is 19.0 Å². The van der Waals surface area contributed by atoms with Crippen molar-refractivity contribution in [2.75, 3.05) is 13.1 Å². The lowest BCUT2D eigenvalue weighted by molar-refractivity contribution is 0.171. The third-order valence-electron chi connectivity index (χ3n) is 5.45. The van der Waals surface area contributed by atoms with Gasteiger partial charge in [0.25, 0.3) is 0 Å². The Kier molecular flexibility index (Phi) is 5.09. The molecule has 144 valence electrons. The summed E-state index contributed by atoms with van der Waals surface area (Å²) in [7, 11) is 0. The highest BCUT2D eigenvalue weighted by atomic mass is 16.5. The first-order chi connectivity index (χ1) is 13.1. The van der Waals surface area contributed by atoms with Crippen molar-refractivity contribution in [2.24, 2.45) is 0 Å². The zero-order valence-corrected chi connectivity index (χ0v) is 16.1. The third kappa shape index (κ3) is 3.96. The Morgan fingerprint density at radius 1 is 1.37 bits per heavy atom. The quantitative estimate of drug-likeness (QED) is 0.895. The number of nitrogens with one attached hydrogen (secondary N) is 1. The van der Waals surface area contributed by atoms with Crippen LogP contribution in [-0.2, 0) is 19.4 Å². The highest BCUT2D eigenvalue weighted by Crippen LogP contribution is 2.27. The van der Waals surface area contributed by atoms with Crippen LogP contribution in [0.5, 0.6) is 0 Å². The Morgan fingerprint density at radius 3 is 3.07 bits per heavy atom.